The van der Waals surface area contributed by atoms with Crippen LogP contribution in [-0.2, 0) is 0 Å². The van der Waals surface area contributed by atoms with E-state index in [1.165, 1.54) is 56.2 Å². The monoisotopic (exact) mass is 300 g/mol. The van der Waals surface area contributed by atoms with E-state index in [0.29, 0.717) is 4.83 Å². The zero-order valence-electron chi connectivity index (χ0n) is 10.6. The Labute approximate surface area is 113 Å². The zero-order chi connectivity index (χ0) is 12.5. The normalized spacial score (nSPS) is 12.6. The summed E-state index contributed by atoms with van der Waals surface area (Å²) in [6.07, 6.45) is 9.06. The van der Waals surface area contributed by atoms with Crippen LogP contribution in [0.15, 0.2) is 24.3 Å². The van der Waals surface area contributed by atoms with Crippen LogP contribution in [0.25, 0.3) is 0 Å². The number of unbranched alkanes of at least 4 members (excludes halogenated alkanes) is 5. The lowest BCUT2D eigenvalue weighted by atomic mass is 10.0. The number of halogens is 2. The van der Waals surface area contributed by atoms with Crippen LogP contribution in [0.3, 0.4) is 0 Å². The molecule has 0 aliphatic heterocycles. The van der Waals surface area contributed by atoms with Gasteiger partial charge < -0.3 is 0 Å². The van der Waals surface area contributed by atoms with Crippen molar-refractivity contribution in [1.29, 1.82) is 0 Å². The highest BCUT2D eigenvalue weighted by Gasteiger charge is 2.06. The van der Waals surface area contributed by atoms with Gasteiger partial charge >= 0.3 is 0 Å². The molecule has 1 atom stereocenters. The first-order chi connectivity index (χ1) is 8.24. The zero-order valence-corrected chi connectivity index (χ0v) is 12.2. The minimum atomic E-state index is -0.159. The molecule has 2 heteroatoms. The Morgan fingerprint density at radius 3 is 2.24 bits per heavy atom. The predicted molar refractivity (Wildman–Crippen MR) is 76.1 cm³/mol. The number of rotatable bonds is 8. The van der Waals surface area contributed by atoms with Gasteiger partial charge in [-0.2, -0.15) is 0 Å². The van der Waals surface area contributed by atoms with Crippen molar-refractivity contribution in [3.05, 3.63) is 35.6 Å². The van der Waals surface area contributed by atoms with E-state index in [9.17, 15) is 4.39 Å². The van der Waals surface area contributed by atoms with Gasteiger partial charge in [0.2, 0.25) is 0 Å². The highest BCUT2D eigenvalue weighted by atomic mass is 79.9. The van der Waals surface area contributed by atoms with Crippen LogP contribution in [0.4, 0.5) is 4.39 Å². The van der Waals surface area contributed by atoms with Gasteiger partial charge in [0.15, 0.2) is 0 Å². The molecule has 1 aromatic carbocycles. The lowest BCUT2D eigenvalue weighted by Gasteiger charge is -2.09. The van der Waals surface area contributed by atoms with Crippen LogP contribution in [0.2, 0.25) is 0 Å². The fourth-order valence-corrected chi connectivity index (χ4v) is 2.57. The van der Waals surface area contributed by atoms with Crippen molar-refractivity contribution in [2.24, 2.45) is 0 Å². The molecular weight excluding hydrogens is 279 g/mol. The molecular formula is C15H22BrF. The summed E-state index contributed by atoms with van der Waals surface area (Å²) in [6, 6.07) is 6.80. The summed E-state index contributed by atoms with van der Waals surface area (Å²) in [7, 11) is 0. The van der Waals surface area contributed by atoms with E-state index in [2.05, 4.69) is 22.9 Å². The van der Waals surface area contributed by atoms with Crippen molar-refractivity contribution in [3.8, 4) is 0 Å². The van der Waals surface area contributed by atoms with E-state index >= 15 is 0 Å². The van der Waals surface area contributed by atoms with Gasteiger partial charge in [0.25, 0.3) is 0 Å². The van der Waals surface area contributed by atoms with Crippen LogP contribution in [-0.4, -0.2) is 0 Å². The van der Waals surface area contributed by atoms with Gasteiger partial charge in [-0.1, -0.05) is 73.5 Å². The van der Waals surface area contributed by atoms with E-state index < -0.39 is 0 Å². The molecule has 0 saturated heterocycles. The SMILES string of the molecule is CCCCCCCCC(Br)c1ccc(F)cc1. The smallest absolute Gasteiger partial charge is 0.123 e. The van der Waals surface area contributed by atoms with Gasteiger partial charge in [-0.25, -0.2) is 4.39 Å². The standard InChI is InChI=1S/C15H22BrF/c1-2-3-4-5-6-7-8-15(16)13-9-11-14(17)12-10-13/h9-12,15H,2-8H2,1H3. The first kappa shape index (κ1) is 14.7. The second-order valence-electron chi connectivity index (χ2n) is 4.58. The molecule has 96 valence electrons. The van der Waals surface area contributed by atoms with Crippen molar-refractivity contribution in [1.82, 2.24) is 0 Å². The summed E-state index contributed by atoms with van der Waals surface area (Å²) in [6.45, 7) is 2.24. The Hall–Kier alpha value is -0.370. The van der Waals surface area contributed by atoms with Gasteiger partial charge in [-0.15, -0.1) is 0 Å². The Bertz CT molecular complexity index is 294. The molecule has 0 saturated carbocycles. The van der Waals surface area contributed by atoms with Crippen molar-refractivity contribution in [2.45, 2.75) is 56.7 Å². The van der Waals surface area contributed by atoms with Gasteiger partial charge in [-0.3, -0.25) is 0 Å². The Balaban J connectivity index is 2.16. The summed E-state index contributed by atoms with van der Waals surface area (Å²) in [5.74, 6) is -0.159. The average Bonchev–Trinajstić information content (AvgIpc) is 2.34. The molecule has 0 aromatic heterocycles. The van der Waals surface area contributed by atoms with Crippen LogP contribution in [0.5, 0.6) is 0 Å². The minimum Gasteiger partial charge on any atom is -0.207 e. The fraction of sp³-hybridized carbons (Fsp3) is 0.600. The Morgan fingerprint density at radius 1 is 1.00 bits per heavy atom. The summed E-state index contributed by atoms with van der Waals surface area (Å²) in [5, 5.41) is 0. The topological polar surface area (TPSA) is 0 Å². The Morgan fingerprint density at radius 2 is 1.59 bits per heavy atom. The molecule has 0 spiro atoms. The molecule has 0 aliphatic rings. The lowest BCUT2D eigenvalue weighted by molar-refractivity contribution is 0.587. The van der Waals surface area contributed by atoms with E-state index in [0.717, 1.165) is 6.42 Å². The molecule has 0 nitrogen and oxygen atoms in total. The maximum Gasteiger partial charge on any atom is 0.123 e. The van der Waals surface area contributed by atoms with Crippen LogP contribution in [0.1, 0.15) is 62.3 Å². The van der Waals surface area contributed by atoms with E-state index in [1.807, 2.05) is 12.1 Å². The molecule has 1 aromatic rings. The lowest BCUT2D eigenvalue weighted by Crippen LogP contribution is -1.91. The number of hydrogen-bond acceptors (Lipinski definition) is 0. The van der Waals surface area contributed by atoms with Gasteiger partial charge in [0.1, 0.15) is 5.82 Å². The number of benzene rings is 1. The largest absolute Gasteiger partial charge is 0.207 e. The molecule has 0 amide bonds. The van der Waals surface area contributed by atoms with Crippen molar-refractivity contribution in [3.63, 3.8) is 0 Å². The Kier molecular flexibility index (Phi) is 7.50. The molecule has 1 unspecified atom stereocenters. The molecule has 17 heavy (non-hydrogen) atoms. The highest BCUT2D eigenvalue weighted by molar-refractivity contribution is 9.09. The van der Waals surface area contributed by atoms with Crippen molar-refractivity contribution >= 4 is 15.9 Å². The average molecular weight is 301 g/mol. The third-order valence-electron chi connectivity index (χ3n) is 3.04. The molecule has 0 aliphatic carbocycles. The maximum absolute atomic E-state index is 12.8. The number of hydrogen-bond donors (Lipinski definition) is 0. The van der Waals surface area contributed by atoms with Gasteiger partial charge in [0.05, 0.1) is 0 Å². The summed E-state index contributed by atoms with van der Waals surface area (Å²) in [5.41, 5.74) is 1.18. The van der Waals surface area contributed by atoms with Crippen molar-refractivity contribution < 1.29 is 4.39 Å². The van der Waals surface area contributed by atoms with Crippen LogP contribution in [0, 0.1) is 5.82 Å². The third-order valence-corrected chi connectivity index (χ3v) is 4.03. The van der Waals surface area contributed by atoms with E-state index in [4.69, 9.17) is 0 Å². The molecule has 0 heterocycles. The predicted octanol–water partition coefficient (Wildman–Crippen LogP) is 6.01. The first-order valence-corrected chi connectivity index (χ1v) is 7.55. The van der Waals surface area contributed by atoms with Gasteiger partial charge in [-0.05, 0) is 24.1 Å². The van der Waals surface area contributed by atoms with Crippen LogP contribution >= 0.6 is 15.9 Å². The molecule has 0 radical (unpaired) electrons. The van der Waals surface area contributed by atoms with Gasteiger partial charge in [0, 0.05) is 4.83 Å². The highest BCUT2D eigenvalue weighted by Crippen LogP contribution is 2.28. The maximum atomic E-state index is 12.8. The number of alkyl halides is 1. The summed E-state index contributed by atoms with van der Waals surface area (Å²) >= 11 is 3.67. The molecule has 0 bridgehead atoms. The molecule has 0 N–H and O–H groups in total. The van der Waals surface area contributed by atoms with Crippen LogP contribution < -0.4 is 0 Å². The van der Waals surface area contributed by atoms with Crippen molar-refractivity contribution in [2.75, 3.05) is 0 Å². The summed E-state index contributed by atoms with van der Waals surface area (Å²) in [4.78, 5) is 0.370. The first-order valence-electron chi connectivity index (χ1n) is 6.63. The van der Waals surface area contributed by atoms with E-state index in [1.54, 1.807) is 0 Å². The molecule has 1 rings (SSSR count). The second-order valence-corrected chi connectivity index (χ2v) is 5.68. The second kappa shape index (κ2) is 8.68. The quantitative estimate of drug-likeness (QED) is 0.407. The molecule has 0 fully saturated rings. The third kappa shape index (κ3) is 6.21. The minimum absolute atomic E-state index is 0.159. The fourth-order valence-electron chi connectivity index (χ4n) is 1.94. The summed E-state index contributed by atoms with van der Waals surface area (Å²) < 4.78 is 12.8. The van der Waals surface area contributed by atoms with E-state index in [-0.39, 0.29) is 5.82 Å².